The zero-order valence-corrected chi connectivity index (χ0v) is 27.9. The van der Waals surface area contributed by atoms with Gasteiger partial charge in [0.05, 0.1) is 31.7 Å². The second-order valence-corrected chi connectivity index (χ2v) is 14.3. The van der Waals surface area contributed by atoms with E-state index in [-0.39, 0.29) is 42.5 Å². The third-order valence-electron chi connectivity index (χ3n) is 11.6. The van der Waals surface area contributed by atoms with Gasteiger partial charge in [0.15, 0.2) is 0 Å². The number of benzene rings is 2. The molecule has 1 aliphatic heterocycles. The smallest absolute Gasteiger partial charge is 0.328 e. The first kappa shape index (κ1) is 32.8. The summed E-state index contributed by atoms with van der Waals surface area (Å²) in [5.41, 5.74) is 2.27. The van der Waals surface area contributed by atoms with Crippen molar-refractivity contribution in [2.24, 2.45) is 29.1 Å². The number of hydrogen-bond donors (Lipinski definition) is 0. The topological polar surface area (TPSA) is 111 Å². The van der Waals surface area contributed by atoms with Gasteiger partial charge in [-0.15, -0.1) is 5.10 Å². The van der Waals surface area contributed by atoms with Crippen LogP contribution in [0.15, 0.2) is 54.7 Å². The third-order valence-corrected chi connectivity index (χ3v) is 11.6. The minimum atomic E-state index is -1.06. The molecule has 2 heterocycles. The van der Waals surface area contributed by atoms with E-state index in [1.54, 1.807) is 30.5 Å². The van der Waals surface area contributed by atoms with E-state index < -0.39 is 22.8 Å². The van der Waals surface area contributed by atoms with Gasteiger partial charge in [0.1, 0.15) is 24.1 Å². The van der Waals surface area contributed by atoms with Crippen molar-refractivity contribution in [2.75, 3.05) is 0 Å². The summed E-state index contributed by atoms with van der Waals surface area (Å²) in [4.78, 5) is 53.9. The Hall–Kier alpha value is -4.08. The zero-order valence-electron chi connectivity index (χ0n) is 27.9. The Morgan fingerprint density at radius 2 is 1.70 bits per heavy atom. The van der Waals surface area contributed by atoms with Crippen LogP contribution in [-0.4, -0.2) is 57.4 Å². The number of rotatable bonds is 8. The van der Waals surface area contributed by atoms with E-state index in [9.17, 15) is 19.2 Å². The fraction of sp³-hybridized carbons (Fsp3) is 0.514. The molecule has 0 spiro atoms. The summed E-state index contributed by atoms with van der Waals surface area (Å²) in [6, 6.07) is 14.2. The maximum absolute atomic E-state index is 13.6. The predicted molar refractivity (Wildman–Crippen MR) is 177 cm³/mol. The highest BCUT2D eigenvalue weighted by atomic mass is 16.5. The molecule has 0 N–H and O–H groups in total. The van der Waals surface area contributed by atoms with Crippen LogP contribution < -0.4 is 0 Å². The quantitative estimate of drug-likeness (QED) is 0.168. The maximum atomic E-state index is 13.6. The van der Waals surface area contributed by atoms with Crippen LogP contribution in [0, 0.1) is 29.1 Å². The van der Waals surface area contributed by atoms with E-state index in [0.29, 0.717) is 41.5 Å². The zero-order chi connectivity index (χ0) is 33.7. The van der Waals surface area contributed by atoms with Crippen molar-refractivity contribution in [1.29, 1.82) is 0 Å². The van der Waals surface area contributed by atoms with Gasteiger partial charge in [-0.25, -0.2) is 4.68 Å². The summed E-state index contributed by atoms with van der Waals surface area (Å²) < 4.78 is 7.77. The van der Waals surface area contributed by atoms with Crippen LogP contribution >= 0.6 is 0 Å². The van der Waals surface area contributed by atoms with Crippen molar-refractivity contribution in [3.05, 3.63) is 71.4 Å². The molecule has 0 bridgehead atoms. The van der Waals surface area contributed by atoms with Crippen LogP contribution in [0.4, 0.5) is 0 Å². The molecule has 2 amide bonds. The van der Waals surface area contributed by atoms with Crippen LogP contribution in [0.3, 0.4) is 0 Å². The summed E-state index contributed by atoms with van der Waals surface area (Å²) in [7, 11) is 7.24. The lowest BCUT2D eigenvalue weighted by molar-refractivity contribution is -0.170. The Bertz CT molecular complexity index is 1670. The minimum absolute atomic E-state index is 0.0508. The average molecular weight is 635 g/mol. The summed E-state index contributed by atoms with van der Waals surface area (Å²) in [5, 5.41) is 7.41. The Balaban J connectivity index is 1.15. The molecule has 6 rings (SSSR count). The molecule has 2 saturated carbocycles. The lowest BCUT2D eigenvalue weighted by Crippen LogP contribution is -2.56. The van der Waals surface area contributed by atoms with E-state index in [1.165, 1.54) is 9.58 Å². The van der Waals surface area contributed by atoms with E-state index in [1.807, 2.05) is 24.3 Å². The molecule has 6 unspecified atom stereocenters. The molecule has 3 aromatic rings. The molecule has 2 fully saturated rings. The minimum Gasteiger partial charge on any atom is -0.460 e. The number of amides is 2. The van der Waals surface area contributed by atoms with Crippen molar-refractivity contribution in [2.45, 2.75) is 91.2 Å². The molecule has 3 aliphatic rings. The molecule has 2 aromatic carbocycles. The highest BCUT2D eigenvalue weighted by Gasteiger charge is 2.63. The number of imide groups is 1. The van der Waals surface area contributed by atoms with Gasteiger partial charge in [0, 0.05) is 22.7 Å². The van der Waals surface area contributed by atoms with Crippen molar-refractivity contribution < 1.29 is 23.9 Å². The van der Waals surface area contributed by atoms with Gasteiger partial charge in [-0.3, -0.25) is 24.1 Å². The highest BCUT2D eigenvalue weighted by molar-refractivity contribution is 6.30. The van der Waals surface area contributed by atoms with E-state index in [4.69, 9.17) is 12.6 Å². The van der Waals surface area contributed by atoms with Gasteiger partial charge < -0.3 is 4.74 Å². The van der Waals surface area contributed by atoms with E-state index >= 15 is 0 Å². The second-order valence-electron chi connectivity index (χ2n) is 14.3. The van der Waals surface area contributed by atoms with Gasteiger partial charge >= 0.3 is 5.97 Å². The molecule has 0 saturated heterocycles. The fourth-order valence-electron chi connectivity index (χ4n) is 8.63. The Morgan fingerprint density at radius 1 is 1.04 bits per heavy atom. The normalized spacial score (nSPS) is 29.6. The molecule has 47 heavy (non-hydrogen) atoms. The SMILES string of the molecule is [B]C12C(=O)CCC1C(C)CC(C)CC(OC(=O)Cn1cc(-c3ccc(CN4C(=O)c5ccccc5C4=O)cc3)nn1)[C@]2(C)C(C)CC. The van der Waals surface area contributed by atoms with Gasteiger partial charge in [-0.1, -0.05) is 82.7 Å². The monoisotopic (exact) mass is 634 g/mol. The molecule has 2 aliphatic carbocycles. The number of nitrogens with zero attached hydrogens (tertiary/aromatic N) is 4. The number of hydrogen-bond acceptors (Lipinski definition) is 7. The van der Waals surface area contributed by atoms with Crippen LogP contribution in [0.1, 0.15) is 93.0 Å². The molecule has 244 valence electrons. The summed E-state index contributed by atoms with van der Waals surface area (Å²) in [5.74, 6) is -0.217. The Kier molecular flexibility index (Phi) is 8.74. The van der Waals surface area contributed by atoms with Crippen molar-refractivity contribution in [3.8, 4) is 11.3 Å². The average Bonchev–Trinajstić information content (AvgIpc) is 3.71. The highest BCUT2D eigenvalue weighted by Crippen LogP contribution is 2.66. The standard InChI is InChI=1S/C37H43BN4O5/c1-6-24(4)36(5)32(18-22(2)17-23(3)29-15-16-31(43)37(29,36)38)47-33(44)21-41-20-30(39-40-41)26-13-11-25(12-14-26)19-42-34(45)27-9-7-8-10-28(27)35(42)46/h7-14,20,22-24,29,32H,6,15-19,21H2,1-5H3/t22?,23?,24?,29?,32?,36-,37?/m0/s1. The Morgan fingerprint density at radius 3 is 2.34 bits per heavy atom. The van der Waals surface area contributed by atoms with Crippen LogP contribution in [0.5, 0.6) is 0 Å². The molecule has 10 heteroatoms. The lowest BCUT2D eigenvalue weighted by Gasteiger charge is -2.57. The van der Waals surface area contributed by atoms with Gasteiger partial charge in [-0.05, 0) is 60.6 Å². The van der Waals surface area contributed by atoms with Crippen LogP contribution in [-0.2, 0) is 27.4 Å². The second kappa shape index (κ2) is 12.5. The number of Topliss-reactive ketones (excluding diaryl/α,β-unsaturated/α-hetero) is 1. The molecular weight excluding hydrogens is 591 g/mol. The number of ether oxygens (including phenoxy) is 1. The predicted octanol–water partition coefficient (Wildman–Crippen LogP) is 6.08. The first-order valence-corrected chi connectivity index (χ1v) is 16.8. The summed E-state index contributed by atoms with van der Waals surface area (Å²) in [6.07, 6.45) is 4.82. The number of fused-ring (bicyclic) bond motifs is 2. The summed E-state index contributed by atoms with van der Waals surface area (Å²) >= 11 is 0. The molecule has 1 aromatic heterocycles. The van der Waals surface area contributed by atoms with Crippen molar-refractivity contribution in [1.82, 2.24) is 19.9 Å². The van der Waals surface area contributed by atoms with Gasteiger partial charge in [0.25, 0.3) is 11.8 Å². The first-order valence-electron chi connectivity index (χ1n) is 16.8. The van der Waals surface area contributed by atoms with Gasteiger partial charge in [-0.2, -0.15) is 0 Å². The van der Waals surface area contributed by atoms with Crippen LogP contribution in [0.2, 0.25) is 5.31 Å². The van der Waals surface area contributed by atoms with Crippen LogP contribution in [0.25, 0.3) is 11.3 Å². The molecule has 7 atom stereocenters. The lowest BCUT2D eigenvalue weighted by atomic mass is 9.40. The number of carbonyl (C=O) groups is 4. The molecule has 9 nitrogen and oxygen atoms in total. The number of esters is 1. The number of carbonyl (C=O) groups excluding carboxylic acids is 4. The summed E-state index contributed by atoms with van der Waals surface area (Å²) in [6.45, 7) is 10.8. The Labute approximate surface area is 277 Å². The number of ketones is 1. The maximum Gasteiger partial charge on any atom is 0.328 e. The molecule has 2 radical (unpaired) electrons. The third kappa shape index (κ3) is 5.53. The molecular formula is C37H43BN4O5. The van der Waals surface area contributed by atoms with E-state index in [2.05, 4.69) is 44.9 Å². The van der Waals surface area contributed by atoms with Crippen molar-refractivity contribution >= 4 is 31.4 Å². The number of aromatic nitrogens is 3. The fourth-order valence-corrected chi connectivity index (χ4v) is 8.63. The van der Waals surface area contributed by atoms with E-state index in [0.717, 1.165) is 30.4 Å². The largest absolute Gasteiger partial charge is 0.460 e. The van der Waals surface area contributed by atoms with Gasteiger partial charge in [0.2, 0.25) is 0 Å². The van der Waals surface area contributed by atoms with Crippen molar-refractivity contribution in [3.63, 3.8) is 0 Å². The first-order chi connectivity index (χ1) is 22.4.